The Kier molecular flexibility index (Phi) is 13.8. The van der Waals surface area contributed by atoms with Gasteiger partial charge in [0.1, 0.15) is 5.82 Å². The van der Waals surface area contributed by atoms with Crippen LogP contribution in [0.25, 0.3) is 11.0 Å². The minimum Gasteiger partial charge on any atom is -0.454 e. The van der Waals surface area contributed by atoms with Crippen molar-refractivity contribution >= 4 is 16.9 Å². The lowest BCUT2D eigenvalue weighted by Crippen LogP contribution is -2.37. The highest BCUT2D eigenvalue weighted by Crippen LogP contribution is 2.33. The largest absolute Gasteiger partial charge is 0.454 e. The smallest absolute Gasteiger partial charge is 0.306 e. The Hall–Kier alpha value is -3.07. The van der Waals surface area contributed by atoms with Crippen LogP contribution in [0.3, 0.4) is 0 Å². The molecule has 4 heterocycles. The lowest BCUT2D eigenvalue weighted by atomic mass is 9.91. The van der Waals surface area contributed by atoms with Gasteiger partial charge in [-0.3, -0.25) is 14.2 Å². The molecule has 0 bridgehead atoms. The Morgan fingerprint density at radius 1 is 0.936 bits per heavy atom. The van der Waals surface area contributed by atoms with Crippen molar-refractivity contribution in [2.75, 3.05) is 19.6 Å². The van der Waals surface area contributed by atoms with Gasteiger partial charge in [0.05, 0.1) is 5.69 Å². The van der Waals surface area contributed by atoms with E-state index in [1.54, 1.807) is 16.8 Å². The number of aromatic nitrogens is 3. The highest BCUT2D eigenvalue weighted by atomic mass is 19.1. The third-order valence-electron chi connectivity index (χ3n) is 10.2. The summed E-state index contributed by atoms with van der Waals surface area (Å²) < 4.78 is 26.5. The number of hydrogen-bond donors (Lipinski definition) is 0. The molecule has 2 aliphatic heterocycles. The molecule has 0 spiro atoms. The number of fused-ring (bicyclic) bond motifs is 2. The number of halogens is 1. The van der Waals surface area contributed by atoms with Gasteiger partial charge in [0.15, 0.2) is 17.5 Å². The Morgan fingerprint density at radius 3 is 2.32 bits per heavy atom. The summed E-state index contributed by atoms with van der Waals surface area (Å²) in [5, 5.41) is 5.14. The molecule has 0 N–H and O–H groups in total. The molecule has 1 fully saturated rings. The summed E-state index contributed by atoms with van der Waals surface area (Å²) >= 11 is 0. The Bertz CT molecular complexity index is 1460. The molecule has 0 saturated carbocycles. The first kappa shape index (κ1) is 35.2. The van der Waals surface area contributed by atoms with Gasteiger partial charge in [0, 0.05) is 48.6 Å². The van der Waals surface area contributed by atoms with Crippen molar-refractivity contribution in [3.63, 3.8) is 0 Å². The van der Waals surface area contributed by atoms with Crippen LogP contribution in [0.2, 0.25) is 0 Å². The number of carbonyl (C=O) groups excluding carboxylic acids is 1. The second-order valence-electron chi connectivity index (χ2n) is 13.8. The third kappa shape index (κ3) is 10.2. The van der Waals surface area contributed by atoms with Crippen molar-refractivity contribution < 1.29 is 18.4 Å². The van der Waals surface area contributed by atoms with Gasteiger partial charge < -0.3 is 14.2 Å². The van der Waals surface area contributed by atoms with E-state index in [4.69, 9.17) is 9.26 Å². The van der Waals surface area contributed by atoms with Gasteiger partial charge in [-0.2, -0.15) is 0 Å². The van der Waals surface area contributed by atoms with E-state index in [-0.39, 0.29) is 23.3 Å². The van der Waals surface area contributed by atoms with Crippen molar-refractivity contribution in [3.8, 4) is 0 Å². The first-order valence-electron chi connectivity index (χ1n) is 18.6. The molecule has 0 aliphatic carbocycles. The van der Waals surface area contributed by atoms with Crippen LogP contribution in [0.5, 0.6) is 0 Å². The summed E-state index contributed by atoms with van der Waals surface area (Å²) in [6.45, 7) is 5.46. The molecule has 0 radical (unpaired) electrons. The number of likely N-dealkylation sites (tertiary alicyclic amines) is 1. The topological polar surface area (TPSA) is 90.5 Å². The quantitative estimate of drug-likeness (QED) is 0.0946. The van der Waals surface area contributed by atoms with Crippen LogP contribution >= 0.6 is 0 Å². The van der Waals surface area contributed by atoms with E-state index in [2.05, 4.69) is 22.0 Å². The number of ether oxygens (including phenoxy) is 1. The Balaban J connectivity index is 0.987. The molecule has 5 rings (SSSR count). The number of piperidine rings is 1. The lowest BCUT2D eigenvalue weighted by molar-refractivity contribution is -0.151. The molecule has 1 aromatic carbocycles. The fraction of sp³-hybridized carbons (Fsp3) is 0.684. The van der Waals surface area contributed by atoms with E-state index >= 15 is 0 Å². The molecule has 1 atom stereocenters. The SMILES string of the molecule is CCCCCCCCCCCCCCCC(=O)OC1CCCn2c1ncc(CCN1CCC(c3noc4cc(F)ccc34)CC1)c2=O. The number of unbranched alkanes of at least 4 members (excludes halogenated alkanes) is 12. The number of benzene rings is 1. The van der Waals surface area contributed by atoms with Crippen LogP contribution in [-0.4, -0.2) is 45.2 Å². The van der Waals surface area contributed by atoms with E-state index < -0.39 is 6.10 Å². The van der Waals surface area contributed by atoms with Gasteiger partial charge in [-0.1, -0.05) is 89.1 Å². The van der Waals surface area contributed by atoms with Gasteiger partial charge in [-0.25, -0.2) is 9.37 Å². The molecule has 1 saturated heterocycles. The molecule has 0 amide bonds. The van der Waals surface area contributed by atoms with E-state index in [0.717, 1.165) is 62.8 Å². The van der Waals surface area contributed by atoms with E-state index in [1.165, 1.54) is 82.8 Å². The first-order chi connectivity index (χ1) is 23.0. The second kappa shape index (κ2) is 18.5. The van der Waals surface area contributed by atoms with Crippen LogP contribution in [0.1, 0.15) is 152 Å². The zero-order valence-corrected chi connectivity index (χ0v) is 28.5. The fourth-order valence-electron chi connectivity index (χ4n) is 7.30. The summed E-state index contributed by atoms with van der Waals surface area (Å²) in [5.74, 6) is 0.362. The van der Waals surface area contributed by atoms with E-state index in [1.807, 2.05) is 0 Å². The summed E-state index contributed by atoms with van der Waals surface area (Å²) in [6.07, 6.45) is 22.2. The number of esters is 1. The van der Waals surface area contributed by atoms with Gasteiger partial charge in [0.25, 0.3) is 5.56 Å². The molecule has 2 aliphatic rings. The molecule has 258 valence electrons. The zero-order chi connectivity index (χ0) is 32.8. The first-order valence-corrected chi connectivity index (χ1v) is 18.6. The third-order valence-corrected chi connectivity index (χ3v) is 10.2. The summed E-state index contributed by atoms with van der Waals surface area (Å²) in [5.41, 5.74) is 2.11. The second-order valence-corrected chi connectivity index (χ2v) is 13.8. The summed E-state index contributed by atoms with van der Waals surface area (Å²) in [4.78, 5) is 33.1. The van der Waals surface area contributed by atoms with Crippen LogP contribution in [-0.2, 0) is 22.5 Å². The van der Waals surface area contributed by atoms with Gasteiger partial charge in [-0.15, -0.1) is 0 Å². The number of carbonyl (C=O) groups is 1. The maximum atomic E-state index is 13.5. The predicted octanol–water partition coefficient (Wildman–Crippen LogP) is 8.81. The standard InChI is InChI=1S/C38H55FN4O4/c1-2-3-4-5-6-7-8-9-10-11-12-13-14-17-35(44)46-33-16-15-23-43-37(33)40-28-30(38(43)45)22-26-42-24-20-29(21-25-42)36-32-19-18-31(39)27-34(32)47-41-36/h18-19,27-29,33H,2-17,20-26H2,1H3. The monoisotopic (exact) mass is 650 g/mol. The minimum atomic E-state index is -0.442. The number of rotatable bonds is 19. The van der Waals surface area contributed by atoms with Crippen molar-refractivity contribution in [3.05, 3.63) is 57.6 Å². The maximum absolute atomic E-state index is 13.5. The van der Waals surface area contributed by atoms with Crippen molar-refractivity contribution in [2.45, 2.75) is 147 Å². The average molecular weight is 651 g/mol. The molecule has 2 aromatic heterocycles. The highest BCUT2D eigenvalue weighted by molar-refractivity contribution is 5.79. The molecule has 8 nitrogen and oxygen atoms in total. The number of nitrogens with zero attached hydrogens (tertiary/aromatic N) is 4. The van der Waals surface area contributed by atoms with Crippen LogP contribution in [0, 0.1) is 5.82 Å². The average Bonchev–Trinajstić information content (AvgIpc) is 3.50. The fourth-order valence-corrected chi connectivity index (χ4v) is 7.30. The lowest BCUT2D eigenvalue weighted by Gasteiger charge is -2.31. The summed E-state index contributed by atoms with van der Waals surface area (Å²) in [6, 6.07) is 4.60. The maximum Gasteiger partial charge on any atom is 0.306 e. The highest BCUT2D eigenvalue weighted by Gasteiger charge is 2.28. The van der Waals surface area contributed by atoms with Gasteiger partial charge >= 0.3 is 5.97 Å². The zero-order valence-electron chi connectivity index (χ0n) is 28.5. The normalized spacial score (nSPS) is 17.3. The van der Waals surface area contributed by atoms with Crippen LogP contribution in [0.15, 0.2) is 33.7 Å². The van der Waals surface area contributed by atoms with Gasteiger partial charge in [-0.05, 0) is 63.7 Å². The molecule has 9 heteroatoms. The van der Waals surface area contributed by atoms with E-state index in [9.17, 15) is 14.0 Å². The van der Waals surface area contributed by atoms with E-state index in [0.29, 0.717) is 42.8 Å². The molecular formula is C38H55FN4O4. The Morgan fingerprint density at radius 2 is 1.62 bits per heavy atom. The van der Waals surface area contributed by atoms with Crippen molar-refractivity contribution in [1.82, 2.24) is 19.6 Å². The molecular weight excluding hydrogens is 595 g/mol. The predicted molar refractivity (Wildman–Crippen MR) is 183 cm³/mol. The van der Waals surface area contributed by atoms with Crippen LogP contribution < -0.4 is 5.56 Å². The van der Waals surface area contributed by atoms with Gasteiger partial charge in [0.2, 0.25) is 0 Å². The van der Waals surface area contributed by atoms with Crippen molar-refractivity contribution in [1.29, 1.82) is 0 Å². The molecule has 3 aromatic rings. The Labute approximate surface area is 279 Å². The molecule has 1 unspecified atom stereocenters. The van der Waals surface area contributed by atoms with Crippen LogP contribution in [0.4, 0.5) is 4.39 Å². The number of hydrogen-bond acceptors (Lipinski definition) is 7. The van der Waals surface area contributed by atoms with Crippen molar-refractivity contribution in [2.24, 2.45) is 0 Å². The molecule has 47 heavy (non-hydrogen) atoms. The minimum absolute atomic E-state index is 0.0107. The summed E-state index contributed by atoms with van der Waals surface area (Å²) in [7, 11) is 0.